The summed E-state index contributed by atoms with van der Waals surface area (Å²) < 4.78 is 54.5. The zero-order chi connectivity index (χ0) is 25.0. The van der Waals surface area contributed by atoms with Crippen LogP contribution in [0.1, 0.15) is 12.7 Å². The minimum Gasteiger partial charge on any atom is -0.494 e. The maximum absolute atomic E-state index is 13.2. The number of anilines is 1. The fraction of sp³-hybridized carbons (Fsp3) is 0.238. The van der Waals surface area contributed by atoms with Gasteiger partial charge in [-0.1, -0.05) is 6.07 Å². The highest BCUT2D eigenvalue weighted by Crippen LogP contribution is 2.37. The van der Waals surface area contributed by atoms with E-state index < -0.39 is 21.1 Å². The van der Waals surface area contributed by atoms with Crippen LogP contribution in [-0.2, 0) is 16.4 Å². The second-order valence-electron chi connectivity index (χ2n) is 7.27. The van der Waals surface area contributed by atoms with Gasteiger partial charge in [0.1, 0.15) is 35.0 Å². The molecule has 4 aromatic rings. The second kappa shape index (κ2) is 9.97. The van der Waals surface area contributed by atoms with Crippen molar-refractivity contribution in [1.82, 2.24) is 34.7 Å². The molecule has 35 heavy (non-hydrogen) atoms. The largest absolute Gasteiger partial charge is 0.494 e. The van der Waals surface area contributed by atoms with Crippen LogP contribution in [0.5, 0.6) is 11.5 Å². The molecular weight excluding hydrogens is 479 g/mol. The zero-order valence-electron chi connectivity index (χ0n) is 19.0. The molecule has 0 saturated heterocycles. The molecule has 1 atom stereocenters. The fourth-order valence-electron chi connectivity index (χ4n) is 3.24. The molecule has 0 bridgehead atoms. The number of halogens is 1. The SMILES string of the molecule is COc1cccc(OC)c1-n1c(NS(=O)(=O)[C@@H](C)Cc2ncc(F)cn2)nnc1-c1ccncn1. The van der Waals surface area contributed by atoms with Crippen LogP contribution in [-0.4, -0.2) is 62.6 Å². The quantitative estimate of drug-likeness (QED) is 0.362. The van der Waals surface area contributed by atoms with Gasteiger partial charge in [0.25, 0.3) is 0 Å². The van der Waals surface area contributed by atoms with Crippen LogP contribution in [0.25, 0.3) is 17.2 Å². The van der Waals surface area contributed by atoms with E-state index in [1.165, 1.54) is 38.2 Å². The number of benzene rings is 1. The standard InChI is InChI=1S/C21H21FN8O4S/c1-13(9-18-24-10-14(22)11-25-18)35(31,32)29-21-28-27-20(15-7-8-23-12-26-15)30(21)19-16(33-2)5-4-6-17(19)34-3/h4-8,10-13H,9H2,1-3H3,(H,28,29)/t13-/m0/s1. The fourth-order valence-corrected chi connectivity index (χ4v) is 4.20. The molecule has 3 heterocycles. The Hall–Kier alpha value is -4.20. The van der Waals surface area contributed by atoms with Gasteiger partial charge in [0.2, 0.25) is 16.0 Å². The molecule has 12 nitrogen and oxygen atoms in total. The lowest BCUT2D eigenvalue weighted by molar-refractivity contribution is 0.391. The summed E-state index contributed by atoms with van der Waals surface area (Å²) >= 11 is 0. The van der Waals surface area contributed by atoms with Crippen LogP contribution >= 0.6 is 0 Å². The zero-order valence-corrected chi connectivity index (χ0v) is 19.8. The Balaban J connectivity index is 1.79. The number of aromatic nitrogens is 7. The highest BCUT2D eigenvalue weighted by Gasteiger charge is 2.28. The maximum Gasteiger partial charge on any atom is 0.243 e. The first kappa shape index (κ1) is 23.9. The molecule has 14 heteroatoms. The van der Waals surface area contributed by atoms with Crippen LogP contribution in [0, 0.1) is 5.82 Å². The number of methoxy groups -OCH3 is 2. The molecule has 3 aromatic heterocycles. The summed E-state index contributed by atoms with van der Waals surface area (Å²) in [6.45, 7) is 1.48. The molecule has 4 rings (SSSR count). The minimum absolute atomic E-state index is 0.0551. The van der Waals surface area contributed by atoms with Crippen molar-refractivity contribution >= 4 is 16.0 Å². The third-order valence-corrected chi connectivity index (χ3v) is 6.70. The highest BCUT2D eigenvalue weighted by atomic mass is 32.2. The average molecular weight is 501 g/mol. The molecule has 182 valence electrons. The van der Waals surface area contributed by atoms with Crippen molar-refractivity contribution < 1.29 is 22.3 Å². The van der Waals surface area contributed by atoms with E-state index in [1.54, 1.807) is 24.3 Å². The van der Waals surface area contributed by atoms with E-state index in [9.17, 15) is 12.8 Å². The molecule has 0 amide bonds. The smallest absolute Gasteiger partial charge is 0.243 e. The van der Waals surface area contributed by atoms with Crippen LogP contribution < -0.4 is 14.2 Å². The third kappa shape index (κ3) is 5.01. The van der Waals surface area contributed by atoms with Crippen molar-refractivity contribution in [3.8, 4) is 28.7 Å². The topological polar surface area (TPSA) is 147 Å². The van der Waals surface area contributed by atoms with Gasteiger partial charge in [-0.05, 0) is 25.1 Å². The molecule has 1 N–H and O–H groups in total. The lowest BCUT2D eigenvalue weighted by atomic mass is 10.2. The summed E-state index contributed by atoms with van der Waals surface area (Å²) in [5.74, 6) is 0.438. The Morgan fingerprint density at radius 3 is 2.34 bits per heavy atom. The lowest BCUT2D eigenvalue weighted by Gasteiger charge is -2.18. The van der Waals surface area contributed by atoms with Gasteiger partial charge in [-0.3, -0.25) is 9.29 Å². The summed E-state index contributed by atoms with van der Waals surface area (Å²) in [4.78, 5) is 15.8. The van der Waals surface area contributed by atoms with Gasteiger partial charge in [0.15, 0.2) is 11.6 Å². The minimum atomic E-state index is -4.02. The second-order valence-corrected chi connectivity index (χ2v) is 9.37. The number of ether oxygens (including phenoxy) is 2. The van der Waals surface area contributed by atoms with E-state index >= 15 is 0 Å². The Kier molecular flexibility index (Phi) is 6.82. The predicted molar refractivity (Wildman–Crippen MR) is 123 cm³/mol. The number of hydrogen-bond donors (Lipinski definition) is 1. The Morgan fingerprint density at radius 2 is 1.74 bits per heavy atom. The molecule has 0 aliphatic heterocycles. The van der Waals surface area contributed by atoms with E-state index in [2.05, 4.69) is 34.9 Å². The first-order valence-electron chi connectivity index (χ1n) is 10.2. The van der Waals surface area contributed by atoms with Gasteiger partial charge >= 0.3 is 0 Å². The first-order valence-corrected chi connectivity index (χ1v) is 11.8. The van der Waals surface area contributed by atoms with Gasteiger partial charge in [0.05, 0.1) is 31.9 Å². The Labute approximate surface area is 200 Å². The normalized spacial score (nSPS) is 12.2. The molecule has 0 unspecified atom stereocenters. The van der Waals surface area contributed by atoms with E-state index in [0.717, 1.165) is 12.4 Å². The number of hydrogen-bond acceptors (Lipinski definition) is 10. The summed E-state index contributed by atoms with van der Waals surface area (Å²) in [6.07, 6.45) is 4.76. The molecule has 0 saturated carbocycles. The number of sulfonamides is 1. The Bertz CT molecular complexity index is 1390. The summed E-state index contributed by atoms with van der Waals surface area (Å²) in [5.41, 5.74) is 0.752. The van der Waals surface area contributed by atoms with E-state index in [4.69, 9.17) is 9.47 Å². The van der Waals surface area contributed by atoms with E-state index in [-0.39, 0.29) is 24.0 Å². The highest BCUT2D eigenvalue weighted by molar-refractivity contribution is 7.93. The van der Waals surface area contributed by atoms with Crippen LogP contribution in [0.4, 0.5) is 10.3 Å². The van der Waals surface area contributed by atoms with Crippen molar-refractivity contribution in [1.29, 1.82) is 0 Å². The molecule has 0 fully saturated rings. The van der Waals surface area contributed by atoms with E-state index in [0.29, 0.717) is 22.9 Å². The third-order valence-electron chi connectivity index (χ3n) is 5.01. The van der Waals surface area contributed by atoms with Crippen molar-refractivity contribution in [2.75, 3.05) is 18.9 Å². The maximum atomic E-state index is 13.2. The first-order chi connectivity index (χ1) is 16.8. The molecule has 0 aliphatic rings. The molecular formula is C21H21FN8O4S. The average Bonchev–Trinajstić information content (AvgIpc) is 3.27. The predicted octanol–water partition coefficient (Wildman–Crippen LogP) is 2.04. The van der Waals surface area contributed by atoms with Crippen LogP contribution in [0.2, 0.25) is 0 Å². The lowest BCUT2D eigenvalue weighted by Crippen LogP contribution is -2.29. The van der Waals surface area contributed by atoms with Gasteiger partial charge in [-0.2, -0.15) is 0 Å². The van der Waals surface area contributed by atoms with E-state index in [1.807, 2.05) is 0 Å². The molecule has 0 aliphatic carbocycles. The number of nitrogens with one attached hydrogen (secondary N) is 1. The van der Waals surface area contributed by atoms with Gasteiger partial charge < -0.3 is 9.47 Å². The van der Waals surface area contributed by atoms with Crippen molar-refractivity contribution in [3.63, 3.8) is 0 Å². The van der Waals surface area contributed by atoms with Crippen LogP contribution in [0.3, 0.4) is 0 Å². The number of nitrogens with zero attached hydrogens (tertiary/aromatic N) is 7. The van der Waals surface area contributed by atoms with Crippen LogP contribution in [0.15, 0.2) is 49.2 Å². The monoisotopic (exact) mass is 500 g/mol. The molecule has 1 aromatic carbocycles. The molecule has 0 spiro atoms. The van der Waals surface area contributed by atoms with Crippen molar-refractivity contribution in [3.05, 3.63) is 60.8 Å². The van der Waals surface area contributed by atoms with Crippen molar-refractivity contribution in [2.24, 2.45) is 0 Å². The molecule has 0 radical (unpaired) electrons. The van der Waals surface area contributed by atoms with Crippen molar-refractivity contribution in [2.45, 2.75) is 18.6 Å². The number of rotatable bonds is 9. The van der Waals surface area contributed by atoms with Gasteiger partial charge in [-0.25, -0.2) is 32.7 Å². The Morgan fingerprint density at radius 1 is 1.06 bits per heavy atom. The van der Waals surface area contributed by atoms with Gasteiger partial charge in [0, 0.05) is 12.6 Å². The number of para-hydroxylation sites is 1. The summed E-state index contributed by atoms with van der Waals surface area (Å²) in [7, 11) is -1.07. The summed E-state index contributed by atoms with van der Waals surface area (Å²) in [5, 5.41) is 7.26. The van der Waals surface area contributed by atoms with Gasteiger partial charge in [-0.15, -0.1) is 10.2 Å². The summed E-state index contributed by atoms with van der Waals surface area (Å²) in [6, 6.07) is 6.71.